The largest absolute Gasteiger partial charge is 0.860 e. The standard InChI is InChI=1S/C8H9BO4/c1-2-12-7-5-3-4-6-8(7)13-9(10)11/h3-6H,2H2,1H3/q-2. The van der Waals surface area contributed by atoms with Crippen molar-refractivity contribution in [2.24, 2.45) is 0 Å². The Balaban J connectivity index is 2.78. The number of rotatable bonds is 4. The van der Waals surface area contributed by atoms with Crippen molar-refractivity contribution in [2.45, 2.75) is 6.92 Å². The molecule has 0 unspecified atom stereocenters. The van der Waals surface area contributed by atoms with Crippen LogP contribution in [0.2, 0.25) is 0 Å². The van der Waals surface area contributed by atoms with Gasteiger partial charge in [-0.15, -0.1) is 0 Å². The molecule has 0 N–H and O–H groups in total. The third kappa shape index (κ3) is 2.97. The maximum absolute atomic E-state index is 10.2. The van der Waals surface area contributed by atoms with Gasteiger partial charge in [-0.05, 0) is 19.1 Å². The van der Waals surface area contributed by atoms with Crippen LogP contribution in [0.1, 0.15) is 6.92 Å². The van der Waals surface area contributed by atoms with Crippen molar-refractivity contribution in [1.82, 2.24) is 0 Å². The lowest BCUT2D eigenvalue weighted by atomic mass is 10.2. The molecule has 0 aliphatic carbocycles. The summed E-state index contributed by atoms with van der Waals surface area (Å²) in [6, 6.07) is 6.57. The Hall–Kier alpha value is -1.20. The molecule has 0 saturated heterocycles. The van der Waals surface area contributed by atoms with Gasteiger partial charge in [0.2, 0.25) is 0 Å². The highest BCUT2D eigenvalue weighted by atomic mass is 16.6. The van der Waals surface area contributed by atoms with E-state index in [9.17, 15) is 10.0 Å². The number of hydrogen-bond acceptors (Lipinski definition) is 4. The molecule has 5 heteroatoms. The van der Waals surface area contributed by atoms with Crippen LogP contribution in [0.25, 0.3) is 0 Å². The van der Waals surface area contributed by atoms with Crippen LogP contribution < -0.4 is 19.4 Å². The Bertz CT molecular complexity index is 264. The van der Waals surface area contributed by atoms with Crippen LogP contribution in [-0.4, -0.2) is 13.9 Å². The summed E-state index contributed by atoms with van der Waals surface area (Å²) in [6.07, 6.45) is 0. The lowest BCUT2D eigenvalue weighted by Crippen LogP contribution is -2.50. The summed E-state index contributed by atoms with van der Waals surface area (Å²) in [7, 11) is -2.32. The molecule has 0 aliphatic heterocycles. The SMILES string of the molecule is CCOc1ccccc1OB([O-])[O-]. The molecule has 0 amide bonds. The van der Waals surface area contributed by atoms with E-state index in [1.165, 1.54) is 6.07 Å². The van der Waals surface area contributed by atoms with Gasteiger partial charge in [0.15, 0.2) is 5.75 Å². The predicted octanol–water partition coefficient (Wildman–Crippen LogP) is -0.830. The highest BCUT2D eigenvalue weighted by Crippen LogP contribution is 2.25. The van der Waals surface area contributed by atoms with E-state index in [0.29, 0.717) is 12.4 Å². The Labute approximate surface area is 76.9 Å². The predicted molar refractivity (Wildman–Crippen MR) is 44.0 cm³/mol. The fraction of sp³-hybridized carbons (Fsp3) is 0.250. The highest BCUT2D eigenvalue weighted by Gasteiger charge is 2.00. The zero-order chi connectivity index (χ0) is 9.68. The first-order valence-electron chi connectivity index (χ1n) is 3.94. The molecule has 0 bridgehead atoms. The van der Waals surface area contributed by atoms with Crippen molar-refractivity contribution in [2.75, 3.05) is 6.61 Å². The van der Waals surface area contributed by atoms with Gasteiger partial charge in [-0.25, -0.2) is 0 Å². The molecule has 0 radical (unpaired) electrons. The maximum Gasteiger partial charge on any atom is 0.159 e. The first-order chi connectivity index (χ1) is 6.24. The number of hydrogen-bond donors (Lipinski definition) is 0. The van der Waals surface area contributed by atoms with Crippen molar-refractivity contribution in [1.29, 1.82) is 0 Å². The molecule has 0 saturated carbocycles. The van der Waals surface area contributed by atoms with Crippen LogP contribution in [0.15, 0.2) is 24.3 Å². The van der Waals surface area contributed by atoms with Crippen molar-refractivity contribution >= 4 is 7.32 Å². The average Bonchev–Trinajstić information content (AvgIpc) is 2.08. The van der Waals surface area contributed by atoms with E-state index in [-0.39, 0.29) is 5.75 Å². The first kappa shape index (κ1) is 9.89. The van der Waals surface area contributed by atoms with Crippen molar-refractivity contribution in [3.05, 3.63) is 24.3 Å². The molecule has 1 aromatic rings. The summed E-state index contributed by atoms with van der Waals surface area (Å²) in [5.74, 6) is 0.612. The van der Waals surface area contributed by atoms with Crippen LogP contribution in [0.5, 0.6) is 11.5 Å². The van der Waals surface area contributed by atoms with E-state index in [2.05, 4.69) is 4.65 Å². The lowest BCUT2D eigenvalue weighted by Gasteiger charge is -2.27. The van der Waals surface area contributed by atoms with E-state index < -0.39 is 7.32 Å². The van der Waals surface area contributed by atoms with Gasteiger partial charge in [0.1, 0.15) is 13.1 Å². The molecule has 1 rings (SSSR count). The van der Waals surface area contributed by atoms with Crippen LogP contribution in [-0.2, 0) is 0 Å². The van der Waals surface area contributed by atoms with Crippen molar-refractivity contribution in [3.63, 3.8) is 0 Å². The number of benzene rings is 1. The van der Waals surface area contributed by atoms with Gasteiger partial charge >= 0.3 is 0 Å². The van der Waals surface area contributed by atoms with Gasteiger partial charge in [0.05, 0.1) is 6.61 Å². The topological polar surface area (TPSA) is 64.6 Å². The van der Waals surface area contributed by atoms with Crippen LogP contribution in [0.4, 0.5) is 0 Å². The molecule has 1 aromatic carbocycles. The van der Waals surface area contributed by atoms with Gasteiger partial charge in [0, 0.05) is 0 Å². The summed E-state index contributed by atoms with van der Waals surface area (Å²) < 4.78 is 9.60. The Morgan fingerprint density at radius 1 is 1.23 bits per heavy atom. The molecule has 0 fully saturated rings. The van der Waals surface area contributed by atoms with Gasteiger partial charge in [-0.3, -0.25) is 0 Å². The number of para-hydroxylation sites is 2. The molecule has 13 heavy (non-hydrogen) atoms. The average molecular weight is 180 g/mol. The third-order valence-corrected chi connectivity index (χ3v) is 1.37. The Morgan fingerprint density at radius 3 is 2.38 bits per heavy atom. The molecule has 0 spiro atoms. The van der Waals surface area contributed by atoms with E-state index in [0.717, 1.165) is 0 Å². The Kier molecular flexibility index (Phi) is 3.61. The second-order valence-corrected chi connectivity index (χ2v) is 2.29. The van der Waals surface area contributed by atoms with Gasteiger partial charge in [-0.1, -0.05) is 12.1 Å². The van der Waals surface area contributed by atoms with E-state index in [4.69, 9.17) is 4.74 Å². The summed E-state index contributed by atoms with van der Waals surface area (Å²) >= 11 is 0. The molecule has 0 atom stereocenters. The minimum atomic E-state index is -2.32. The molecule has 70 valence electrons. The van der Waals surface area contributed by atoms with Crippen LogP contribution in [0, 0.1) is 0 Å². The van der Waals surface area contributed by atoms with E-state index >= 15 is 0 Å². The number of ether oxygens (including phenoxy) is 1. The normalized spacial score (nSPS) is 9.46. The van der Waals surface area contributed by atoms with Crippen molar-refractivity contribution in [3.8, 4) is 11.5 Å². The fourth-order valence-corrected chi connectivity index (χ4v) is 0.926. The fourth-order valence-electron chi connectivity index (χ4n) is 0.926. The third-order valence-electron chi connectivity index (χ3n) is 1.37. The Morgan fingerprint density at radius 2 is 1.85 bits per heavy atom. The highest BCUT2D eigenvalue weighted by molar-refractivity contribution is 6.29. The van der Waals surface area contributed by atoms with Gasteiger partial charge in [-0.2, -0.15) is 0 Å². The monoisotopic (exact) mass is 180 g/mol. The zero-order valence-electron chi connectivity index (χ0n) is 7.23. The maximum atomic E-state index is 10.2. The molecular formula is C8H9BO4-2. The summed E-state index contributed by atoms with van der Waals surface area (Å²) in [4.78, 5) is 0. The molecule has 0 aliphatic rings. The van der Waals surface area contributed by atoms with E-state index in [1.54, 1.807) is 18.2 Å². The molecule has 0 heterocycles. The smallest absolute Gasteiger partial charge is 0.159 e. The lowest BCUT2D eigenvalue weighted by molar-refractivity contribution is -0.372. The van der Waals surface area contributed by atoms with Crippen LogP contribution in [0.3, 0.4) is 0 Å². The van der Waals surface area contributed by atoms with Gasteiger partial charge in [0.25, 0.3) is 0 Å². The van der Waals surface area contributed by atoms with Crippen molar-refractivity contribution < 1.29 is 19.4 Å². The minimum Gasteiger partial charge on any atom is -0.860 e. The minimum absolute atomic E-state index is 0.194. The van der Waals surface area contributed by atoms with Gasteiger partial charge < -0.3 is 19.4 Å². The summed E-state index contributed by atoms with van der Waals surface area (Å²) in [5, 5.41) is 20.4. The summed E-state index contributed by atoms with van der Waals surface area (Å²) in [5.41, 5.74) is 0. The zero-order valence-corrected chi connectivity index (χ0v) is 7.23. The molecular weight excluding hydrogens is 171 g/mol. The molecule has 0 aromatic heterocycles. The van der Waals surface area contributed by atoms with Crippen LogP contribution >= 0.6 is 0 Å². The second kappa shape index (κ2) is 4.74. The first-order valence-corrected chi connectivity index (χ1v) is 3.94. The quantitative estimate of drug-likeness (QED) is 0.567. The van der Waals surface area contributed by atoms with E-state index in [1.807, 2.05) is 6.92 Å². The molecule has 4 nitrogen and oxygen atoms in total. The summed E-state index contributed by atoms with van der Waals surface area (Å²) in [6.45, 7) is 2.27. The second-order valence-electron chi connectivity index (χ2n) is 2.29.